The second kappa shape index (κ2) is 5.85. The van der Waals surface area contributed by atoms with Gasteiger partial charge in [-0.1, -0.05) is 0 Å². The Morgan fingerprint density at radius 2 is 2.10 bits per heavy atom. The van der Waals surface area contributed by atoms with E-state index in [2.05, 4.69) is 5.32 Å². The first kappa shape index (κ1) is 14.9. The van der Waals surface area contributed by atoms with Crippen LogP contribution in [0.5, 0.6) is 0 Å². The number of nitrogens with one attached hydrogen (secondary N) is 1. The summed E-state index contributed by atoms with van der Waals surface area (Å²) in [4.78, 5) is 13.4. The van der Waals surface area contributed by atoms with Gasteiger partial charge in [-0.3, -0.25) is 4.90 Å². The molecular formula is C14H18F2N2O2. The number of halogens is 2. The molecule has 6 heteroatoms. The zero-order valence-corrected chi connectivity index (χ0v) is 11.3. The summed E-state index contributed by atoms with van der Waals surface area (Å²) in [5.41, 5.74) is -1.70. The molecule has 0 saturated carbocycles. The van der Waals surface area contributed by atoms with Gasteiger partial charge in [-0.05, 0) is 38.1 Å². The molecule has 1 heterocycles. The van der Waals surface area contributed by atoms with Crippen molar-refractivity contribution in [3.63, 3.8) is 0 Å². The minimum atomic E-state index is -1.57. The van der Waals surface area contributed by atoms with Crippen LogP contribution in [0, 0.1) is 11.6 Å². The number of nitrogens with zero attached hydrogens (tertiary/aromatic N) is 1. The normalized spacial score (nSPS) is 20.1. The van der Waals surface area contributed by atoms with Crippen molar-refractivity contribution in [1.29, 1.82) is 0 Å². The molecular weight excluding hydrogens is 266 g/mol. The second-order valence-corrected chi connectivity index (χ2v) is 5.09. The molecule has 4 nitrogen and oxygen atoms in total. The maximum absolute atomic E-state index is 14.0. The van der Waals surface area contributed by atoms with Crippen molar-refractivity contribution >= 4 is 5.97 Å². The highest BCUT2D eigenvalue weighted by Crippen LogP contribution is 2.31. The van der Waals surface area contributed by atoms with E-state index in [4.69, 9.17) is 0 Å². The molecule has 0 bridgehead atoms. The predicted octanol–water partition coefficient (Wildman–Crippen LogP) is 1.56. The molecule has 110 valence electrons. The van der Waals surface area contributed by atoms with Gasteiger partial charge in [0, 0.05) is 25.2 Å². The van der Waals surface area contributed by atoms with Crippen LogP contribution in [0.25, 0.3) is 0 Å². The van der Waals surface area contributed by atoms with E-state index < -0.39 is 23.1 Å². The van der Waals surface area contributed by atoms with Gasteiger partial charge in [0.25, 0.3) is 0 Å². The van der Waals surface area contributed by atoms with Crippen LogP contribution in [0.15, 0.2) is 18.2 Å². The third-order valence-electron chi connectivity index (χ3n) is 3.84. The molecule has 2 rings (SSSR count). The van der Waals surface area contributed by atoms with Gasteiger partial charge in [0.15, 0.2) is 0 Å². The number of aliphatic carboxylic acids is 1. The lowest BCUT2D eigenvalue weighted by Crippen LogP contribution is -2.51. The van der Waals surface area contributed by atoms with E-state index in [1.165, 1.54) is 6.92 Å². The highest BCUT2D eigenvalue weighted by atomic mass is 19.1. The van der Waals surface area contributed by atoms with Crippen LogP contribution in [0.1, 0.15) is 18.9 Å². The minimum absolute atomic E-state index is 0.132. The average molecular weight is 284 g/mol. The lowest BCUT2D eigenvalue weighted by Gasteiger charge is -2.37. The predicted molar refractivity (Wildman–Crippen MR) is 70.4 cm³/mol. The number of carbonyl (C=O) groups is 1. The molecule has 1 unspecified atom stereocenters. The lowest BCUT2D eigenvalue weighted by atomic mass is 9.89. The van der Waals surface area contributed by atoms with Crippen LogP contribution in [-0.4, -0.2) is 42.2 Å². The summed E-state index contributed by atoms with van der Waals surface area (Å²) in [5.74, 6) is -2.51. The van der Waals surface area contributed by atoms with Crippen molar-refractivity contribution in [2.75, 3.05) is 26.2 Å². The van der Waals surface area contributed by atoms with Crippen LogP contribution in [-0.2, 0) is 10.3 Å². The van der Waals surface area contributed by atoms with Crippen LogP contribution in [0.3, 0.4) is 0 Å². The van der Waals surface area contributed by atoms with E-state index in [1.54, 1.807) is 4.90 Å². The Labute approximate surface area is 116 Å². The molecule has 1 aliphatic rings. The van der Waals surface area contributed by atoms with Gasteiger partial charge < -0.3 is 10.4 Å². The summed E-state index contributed by atoms with van der Waals surface area (Å²) < 4.78 is 27.4. The summed E-state index contributed by atoms with van der Waals surface area (Å²) in [6.07, 6.45) is 0.764. The van der Waals surface area contributed by atoms with Crippen molar-refractivity contribution in [2.24, 2.45) is 0 Å². The first-order valence-corrected chi connectivity index (χ1v) is 6.61. The highest BCUT2D eigenvalue weighted by molar-refractivity contribution is 5.80. The van der Waals surface area contributed by atoms with Crippen LogP contribution in [0.4, 0.5) is 8.78 Å². The zero-order valence-electron chi connectivity index (χ0n) is 11.3. The van der Waals surface area contributed by atoms with Gasteiger partial charge in [0.2, 0.25) is 0 Å². The van der Waals surface area contributed by atoms with E-state index in [9.17, 15) is 18.7 Å². The Kier molecular flexibility index (Phi) is 4.35. The first-order valence-electron chi connectivity index (χ1n) is 6.61. The van der Waals surface area contributed by atoms with Crippen molar-refractivity contribution in [1.82, 2.24) is 10.2 Å². The average Bonchev–Trinajstić information content (AvgIpc) is 2.69. The molecule has 1 aliphatic heterocycles. The SMILES string of the molecule is CC(C(=O)O)(c1cc(F)ccc1F)N1CCCNCC1. The van der Waals surface area contributed by atoms with E-state index in [0.29, 0.717) is 19.6 Å². The lowest BCUT2D eigenvalue weighted by molar-refractivity contribution is -0.151. The number of rotatable bonds is 3. The van der Waals surface area contributed by atoms with E-state index in [0.717, 1.165) is 31.2 Å². The zero-order chi connectivity index (χ0) is 14.8. The Balaban J connectivity index is 2.47. The van der Waals surface area contributed by atoms with Gasteiger partial charge in [-0.2, -0.15) is 0 Å². The van der Waals surface area contributed by atoms with E-state index in [-0.39, 0.29) is 5.56 Å². The maximum Gasteiger partial charge on any atom is 0.328 e. The molecule has 0 aromatic heterocycles. The Hall–Kier alpha value is -1.53. The molecule has 1 aromatic carbocycles. The highest BCUT2D eigenvalue weighted by Gasteiger charge is 2.43. The Morgan fingerprint density at radius 1 is 1.35 bits per heavy atom. The van der Waals surface area contributed by atoms with Crippen molar-refractivity contribution in [3.05, 3.63) is 35.4 Å². The largest absolute Gasteiger partial charge is 0.480 e. The summed E-state index contributed by atoms with van der Waals surface area (Å²) in [5, 5.41) is 12.8. The summed E-state index contributed by atoms with van der Waals surface area (Å²) in [6, 6.07) is 2.94. The van der Waals surface area contributed by atoms with Gasteiger partial charge in [0.05, 0.1) is 0 Å². The number of carboxylic acids is 1. The number of benzene rings is 1. The third-order valence-corrected chi connectivity index (χ3v) is 3.84. The molecule has 0 radical (unpaired) electrons. The van der Waals surface area contributed by atoms with Crippen molar-refractivity contribution in [2.45, 2.75) is 18.9 Å². The first-order chi connectivity index (χ1) is 9.46. The van der Waals surface area contributed by atoms with Gasteiger partial charge in [-0.25, -0.2) is 13.6 Å². The molecule has 0 aliphatic carbocycles. The van der Waals surface area contributed by atoms with E-state index in [1.807, 2.05) is 0 Å². The van der Waals surface area contributed by atoms with Gasteiger partial charge >= 0.3 is 5.97 Å². The summed E-state index contributed by atoms with van der Waals surface area (Å²) in [6.45, 7) is 3.83. The fourth-order valence-corrected chi connectivity index (χ4v) is 2.58. The van der Waals surface area contributed by atoms with E-state index >= 15 is 0 Å². The van der Waals surface area contributed by atoms with Crippen LogP contribution in [0.2, 0.25) is 0 Å². The van der Waals surface area contributed by atoms with Gasteiger partial charge in [-0.15, -0.1) is 0 Å². The fraction of sp³-hybridized carbons (Fsp3) is 0.500. The Morgan fingerprint density at radius 3 is 2.80 bits per heavy atom. The molecule has 1 saturated heterocycles. The fourth-order valence-electron chi connectivity index (χ4n) is 2.58. The molecule has 1 aromatic rings. The molecule has 0 amide bonds. The Bertz CT molecular complexity index is 502. The number of hydrogen-bond acceptors (Lipinski definition) is 3. The smallest absolute Gasteiger partial charge is 0.328 e. The van der Waals surface area contributed by atoms with Gasteiger partial charge in [0.1, 0.15) is 17.2 Å². The molecule has 1 atom stereocenters. The summed E-state index contributed by atoms with van der Waals surface area (Å²) in [7, 11) is 0. The van der Waals surface area contributed by atoms with Crippen LogP contribution >= 0.6 is 0 Å². The molecule has 20 heavy (non-hydrogen) atoms. The van der Waals surface area contributed by atoms with Crippen LogP contribution < -0.4 is 5.32 Å². The quantitative estimate of drug-likeness (QED) is 0.884. The number of hydrogen-bond donors (Lipinski definition) is 2. The number of carboxylic acid groups (broad SMARTS) is 1. The molecule has 1 fully saturated rings. The topological polar surface area (TPSA) is 52.6 Å². The van der Waals surface area contributed by atoms with Crippen molar-refractivity contribution < 1.29 is 18.7 Å². The third kappa shape index (κ3) is 2.66. The molecule has 2 N–H and O–H groups in total. The second-order valence-electron chi connectivity index (χ2n) is 5.09. The summed E-state index contributed by atoms with van der Waals surface area (Å²) >= 11 is 0. The monoisotopic (exact) mass is 284 g/mol. The standard InChI is InChI=1S/C14H18F2N2O2/c1-14(13(19)20,18-7-2-5-17-6-8-18)11-9-10(15)3-4-12(11)16/h3-4,9,17H,2,5-8H2,1H3,(H,19,20). The molecule has 0 spiro atoms. The minimum Gasteiger partial charge on any atom is -0.480 e. The van der Waals surface area contributed by atoms with Crippen molar-refractivity contribution in [3.8, 4) is 0 Å². The maximum atomic E-state index is 14.0.